The van der Waals surface area contributed by atoms with Gasteiger partial charge in [-0.3, -0.25) is 0 Å². The van der Waals surface area contributed by atoms with E-state index in [-0.39, 0.29) is 5.75 Å². The zero-order valence-corrected chi connectivity index (χ0v) is 7.88. The van der Waals surface area contributed by atoms with Gasteiger partial charge in [-0.15, -0.1) is 0 Å². The fraction of sp³-hybridized carbons (Fsp3) is 0.125. The van der Waals surface area contributed by atoms with Crippen LogP contribution in [0.5, 0.6) is 11.5 Å². The molecule has 1 aliphatic heterocycles. The summed E-state index contributed by atoms with van der Waals surface area (Å²) in [6.07, 6.45) is 0. The molecule has 3 N–H and O–H groups in total. The number of benzene rings is 1. The number of rotatable bonds is 1. The minimum absolute atomic E-state index is 0.0422. The normalized spacial score (nSPS) is 16.9. The predicted octanol–water partition coefficient (Wildman–Crippen LogP) is -0.242. The van der Waals surface area contributed by atoms with Crippen LogP contribution in [0.4, 0.5) is 4.39 Å². The molecular formula is C8H7BFO6-. The molecule has 0 aromatic heterocycles. The van der Waals surface area contributed by atoms with E-state index in [0.717, 1.165) is 12.1 Å². The molecule has 6 nitrogen and oxygen atoms in total. The van der Waals surface area contributed by atoms with Crippen LogP contribution in [-0.2, 0) is 0 Å². The second-order valence-electron chi connectivity index (χ2n) is 3.34. The number of carbonyl (C=O) groups is 1. The minimum atomic E-state index is -3.31. The first-order valence-electron chi connectivity index (χ1n) is 4.38. The van der Waals surface area contributed by atoms with Crippen LogP contribution < -0.4 is 9.39 Å². The van der Waals surface area contributed by atoms with E-state index >= 15 is 0 Å². The van der Waals surface area contributed by atoms with Gasteiger partial charge in [0.1, 0.15) is 17.1 Å². The molecule has 0 radical (unpaired) electrons. The summed E-state index contributed by atoms with van der Waals surface area (Å²) in [7, 11) is 0. The molecular weight excluding hydrogens is 222 g/mol. The van der Waals surface area contributed by atoms with E-state index in [1.807, 2.05) is 0 Å². The van der Waals surface area contributed by atoms with Gasteiger partial charge < -0.3 is 24.5 Å². The quantitative estimate of drug-likeness (QED) is 0.575. The smallest absolute Gasteiger partial charge is 0.467 e. The Hall–Kier alpha value is -1.80. The van der Waals surface area contributed by atoms with Gasteiger partial charge >= 0.3 is 12.7 Å². The van der Waals surface area contributed by atoms with E-state index in [2.05, 4.69) is 4.65 Å². The SMILES string of the molecule is O=C(O)c1c(F)ccc2c1O[B-](O)(O)CO2. The van der Waals surface area contributed by atoms with Crippen molar-refractivity contribution in [3.05, 3.63) is 23.5 Å². The number of hydrogen-bond donors (Lipinski definition) is 3. The second-order valence-corrected chi connectivity index (χ2v) is 3.34. The molecule has 0 bridgehead atoms. The van der Waals surface area contributed by atoms with Crippen molar-refractivity contribution in [2.24, 2.45) is 0 Å². The van der Waals surface area contributed by atoms with E-state index in [9.17, 15) is 19.2 Å². The third-order valence-electron chi connectivity index (χ3n) is 2.05. The first-order valence-corrected chi connectivity index (χ1v) is 4.38. The van der Waals surface area contributed by atoms with Crippen LogP contribution in [0, 0.1) is 5.82 Å². The van der Waals surface area contributed by atoms with E-state index in [1.54, 1.807) is 0 Å². The summed E-state index contributed by atoms with van der Waals surface area (Å²) in [6, 6.07) is 2.06. The van der Waals surface area contributed by atoms with Crippen molar-refractivity contribution >= 4 is 12.7 Å². The van der Waals surface area contributed by atoms with Gasteiger partial charge in [0.25, 0.3) is 0 Å². The molecule has 16 heavy (non-hydrogen) atoms. The van der Waals surface area contributed by atoms with Gasteiger partial charge in [-0.25, -0.2) is 9.18 Å². The molecule has 0 spiro atoms. The van der Waals surface area contributed by atoms with Gasteiger partial charge in [0, 0.05) is 0 Å². The van der Waals surface area contributed by atoms with Crippen LogP contribution >= 0.6 is 0 Å². The third-order valence-corrected chi connectivity index (χ3v) is 2.05. The minimum Gasteiger partial charge on any atom is -0.665 e. The number of aromatic carboxylic acids is 1. The highest BCUT2D eigenvalue weighted by atomic mass is 19.1. The number of carboxylic acids is 1. The summed E-state index contributed by atoms with van der Waals surface area (Å²) in [4.78, 5) is 10.8. The van der Waals surface area contributed by atoms with Crippen molar-refractivity contribution in [3.8, 4) is 11.5 Å². The van der Waals surface area contributed by atoms with Crippen molar-refractivity contribution < 1.29 is 33.7 Å². The Morgan fingerprint density at radius 3 is 2.75 bits per heavy atom. The number of fused-ring (bicyclic) bond motifs is 1. The largest absolute Gasteiger partial charge is 0.665 e. The van der Waals surface area contributed by atoms with Crippen molar-refractivity contribution in [1.29, 1.82) is 0 Å². The second kappa shape index (κ2) is 3.36. The first kappa shape index (κ1) is 10.7. The topological polar surface area (TPSA) is 96.2 Å². The Bertz CT molecular complexity index is 460. The zero-order chi connectivity index (χ0) is 11.9. The molecule has 86 valence electrons. The molecule has 0 unspecified atom stereocenters. The Kier molecular flexibility index (Phi) is 2.25. The van der Waals surface area contributed by atoms with Gasteiger partial charge in [-0.1, -0.05) is 0 Å². The Morgan fingerprint density at radius 2 is 2.12 bits per heavy atom. The van der Waals surface area contributed by atoms with E-state index < -0.39 is 36.4 Å². The zero-order valence-electron chi connectivity index (χ0n) is 7.88. The molecule has 0 saturated carbocycles. The molecule has 8 heteroatoms. The molecule has 0 saturated heterocycles. The summed E-state index contributed by atoms with van der Waals surface area (Å²) in [5, 5.41) is 27.1. The Labute approximate surface area is 88.9 Å². The molecule has 1 aromatic rings. The van der Waals surface area contributed by atoms with E-state index in [0.29, 0.717) is 0 Å². The van der Waals surface area contributed by atoms with Crippen molar-refractivity contribution in [2.75, 3.05) is 6.51 Å². The van der Waals surface area contributed by atoms with Crippen LogP contribution in [-0.4, -0.2) is 34.4 Å². The molecule has 1 aromatic carbocycles. The molecule has 0 atom stereocenters. The van der Waals surface area contributed by atoms with Gasteiger partial charge in [-0.2, -0.15) is 0 Å². The number of ether oxygens (including phenoxy) is 1. The highest BCUT2D eigenvalue weighted by Crippen LogP contribution is 2.37. The third kappa shape index (κ3) is 1.68. The van der Waals surface area contributed by atoms with Crippen molar-refractivity contribution in [2.45, 2.75) is 0 Å². The number of carboxylic acid groups (broad SMARTS) is 1. The molecule has 0 amide bonds. The lowest BCUT2D eigenvalue weighted by Crippen LogP contribution is -2.51. The standard InChI is InChI=1S/C8H7BFO6/c10-4-1-2-5-7(6(4)8(11)12)16-9(13,14)3-15-5/h1-2,13-14H,3H2,(H,11,12)/q-1. The number of hydrogen-bond acceptors (Lipinski definition) is 5. The monoisotopic (exact) mass is 229 g/mol. The van der Waals surface area contributed by atoms with Crippen LogP contribution in [0.2, 0.25) is 0 Å². The molecule has 1 aliphatic rings. The Balaban J connectivity index is 2.58. The van der Waals surface area contributed by atoms with Crippen LogP contribution in [0.3, 0.4) is 0 Å². The molecule has 0 aliphatic carbocycles. The summed E-state index contributed by atoms with van der Waals surface area (Å²) in [6.45, 7) is -3.84. The molecule has 0 fully saturated rings. The average molecular weight is 229 g/mol. The van der Waals surface area contributed by atoms with Crippen molar-refractivity contribution in [1.82, 2.24) is 0 Å². The van der Waals surface area contributed by atoms with Crippen LogP contribution in [0.25, 0.3) is 0 Å². The highest BCUT2D eigenvalue weighted by Gasteiger charge is 2.34. The summed E-state index contributed by atoms with van der Waals surface area (Å²) in [5.41, 5.74) is -0.786. The van der Waals surface area contributed by atoms with Gasteiger partial charge in [0.2, 0.25) is 0 Å². The first-order chi connectivity index (χ1) is 7.41. The van der Waals surface area contributed by atoms with Crippen molar-refractivity contribution in [3.63, 3.8) is 0 Å². The Morgan fingerprint density at radius 1 is 1.44 bits per heavy atom. The van der Waals surface area contributed by atoms with Gasteiger partial charge in [0.05, 0.1) is 6.51 Å². The van der Waals surface area contributed by atoms with Crippen LogP contribution in [0.1, 0.15) is 10.4 Å². The fourth-order valence-corrected chi connectivity index (χ4v) is 1.39. The highest BCUT2D eigenvalue weighted by molar-refractivity contribution is 6.58. The van der Waals surface area contributed by atoms with Gasteiger partial charge in [0.15, 0.2) is 5.75 Å². The molecule has 1 heterocycles. The number of halogens is 1. The average Bonchev–Trinajstić information content (AvgIpc) is 2.15. The summed E-state index contributed by atoms with van der Waals surface area (Å²) >= 11 is 0. The maximum atomic E-state index is 13.2. The molecule has 2 rings (SSSR count). The lowest BCUT2D eigenvalue weighted by atomic mass is 9.80. The lowest BCUT2D eigenvalue weighted by molar-refractivity contribution is 0.0685. The van der Waals surface area contributed by atoms with E-state index in [1.165, 1.54) is 0 Å². The predicted molar refractivity (Wildman–Crippen MR) is 49.7 cm³/mol. The summed E-state index contributed by atoms with van der Waals surface area (Å²) < 4.78 is 22.7. The van der Waals surface area contributed by atoms with Gasteiger partial charge in [-0.05, 0) is 12.1 Å². The fourth-order valence-electron chi connectivity index (χ4n) is 1.39. The van der Waals surface area contributed by atoms with Crippen LogP contribution in [0.15, 0.2) is 12.1 Å². The van der Waals surface area contributed by atoms with E-state index in [4.69, 9.17) is 9.84 Å². The lowest BCUT2D eigenvalue weighted by Gasteiger charge is -2.36. The maximum Gasteiger partial charge on any atom is 0.467 e. The maximum absolute atomic E-state index is 13.2. The summed E-state index contributed by atoms with van der Waals surface area (Å²) in [5.74, 6) is -3.17.